The first-order chi connectivity index (χ1) is 15.1. The number of ether oxygens (including phenoxy) is 1. The van der Waals surface area contributed by atoms with Gasteiger partial charge in [0.25, 0.3) is 0 Å². The van der Waals surface area contributed by atoms with E-state index < -0.39 is 29.6 Å². The van der Waals surface area contributed by atoms with Crippen LogP contribution >= 0.6 is 0 Å². The van der Waals surface area contributed by atoms with Crippen molar-refractivity contribution in [1.82, 2.24) is 9.88 Å². The Morgan fingerprint density at radius 3 is 2.28 bits per heavy atom. The Kier molecular flexibility index (Phi) is 6.53. The molecule has 4 N–H and O–H groups in total. The molecule has 0 unspecified atom stereocenters. The van der Waals surface area contributed by atoms with Gasteiger partial charge in [-0.25, -0.2) is 14.2 Å². The molecule has 0 aliphatic carbocycles. The minimum Gasteiger partial charge on any atom is -0.464 e. The topological polar surface area (TPSA) is 124 Å². The SMILES string of the molecule is CC(C)(C)c1c(C[C@H](NC(=O)OCc2ccccc2)C(N)=O)c2ccccc2n1C(=O)O. The van der Waals surface area contributed by atoms with Crippen molar-refractivity contribution in [1.29, 1.82) is 0 Å². The van der Waals surface area contributed by atoms with Gasteiger partial charge >= 0.3 is 12.2 Å². The van der Waals surface area contributed by atoms with Gasteiger partial charge in [-0.1, -0.05) is 69.3 Å². The molecule has 0 aliphatic heterocycles. The Balaban J connectivity index is 1.92. The van der Waals surface area contributed by atoms with E-state index in [-0.39, 0.29) is 13.0 Å². The van der Waals surface area contributed by atoms with Crippen LogP contribution in [0.4, 0.5) is 9.59 Å². The summed E-state index contributed by atoms with van der Waals surface area (Å²) >= 11 is 0. The number of hydrogen-bond acceptors (Lipinski definition) is 4. The lowest BCUT2D eigenvalue weighted by atomic mass is 9.86. The van der Waals surface area contributed by atoms with Gasteiger partial charge in [-0.3, -0.25) is 4.79 Å². The molecule has 2 amide bonds. The number of aromatic nitrogens is 1. The highest BCUT2D eigenvalue weighted by Crippen LogP contribution is 2.35. The van der Waals surface area contributed by atoms with Gasteiger partial charge in [0.2, 0.25) is 5.91 Å². The molecule has 0 bridgehead atoms. The molecule has 8 nitrogen and oxygen atoms in total. The van der Waals surface area contributed by atoms with Crippen LogP contribution in [0.1, 0.15) is 37.6 Å². The van der Waals surface area contributed by atoms with Crippen LogP contribution in [-0.4, -0.2) is 33.8 Å². The van der Waals surface area contributed by atoms with Gasteiger partial charge in [0, 0.05) is 22.9 Å². The van der Waals surface area contributed by atoms with Gasteiger partial charge in [-0.15, -0.1) is 0 Å². The van der Waals surface area contributed by atoms with Crippen molar-refractivity contribution in [2.24, 2.45) is 5.73 Å². The highest BCUT2D eigenvalue weighted by molar-refractivity contribution is 5.94. The highest BCUT2D eigenvalue weighted by atomic mass is 16.5. The lowest BCUT2D eigenvalue weighted by Gasteiger charge is -2.24. The van der Waals surface area contributed by atoms with E-state index in [9.17, 15) is 19.5 Å². The second kappa shape index (κ2) is 9.13. The number of rotatable bonds is 6. The monoisotopic (exact) mass is 437 g/mol. The molecule has 0 radical (unpaired) electrons. The van der Waals surface area contributed by atoms with Crippen LogP contribution in [0.3, 0.4) is 0 Å². The number of nitrogens with one attached hydrogen (secondary N) is 1. The summed E-state index contributed by atoms with van der Waals surface area (Å²) in [5.41, 5.74) is 7.52. The number of para-hydroxylation sites is 1. The zero-order chi connectivity index (χ0) is 23.5. The molecule has 3 rings (SSSR count). The van der Waals surface area contributed by atoms with Gasteiger partial charge in [0.05, 0.1) is 5.52 Å². The van der Waals surface area contributed by atoms with Crippen LogP contribution in [0.5, 0.6) is 0 Å². The fourth-order valence-electron chi connectivity index (χ4n) is 3.83. The van der Waals surface area contributed by atoms with E-state index in [0.29, 0.717) is 22.2 Å². The summed E-state index contributed by atoms with van der Waals surface area (Å²) in [6, 6.07) is 15.1. The molecule has 168 valence electrons. The number of benzene rings is 2. The van der Waals surface area contributed by atoms with Crippen LogP contribution in [0.25, 0.3) is 10.9 Å². The van der Waals surface area contributed by atoms with Crippen LogP contribution in [0, 0.1) is 0 Å². The van der Waals surface area contributed by atoms with Crippen LogP contribution in [-0.2, 0) is 28.0 Å². The van der Waals surface area contributed by atoms with E-state index in [0.717, 1.165) is 5.56 Å². The van der Waals surface area contributed by atoms with E-state index in [1.165, 1.54) is 4.57 Å². The van der Waals surface area contributed by atoms with Crippen molar-refractivity contribution in [2.45, 2.75) is 45.3 Å². The molecule has 32 heavy (non-hydrogen) atoms. The number of primary amides is 1. The van der Waals surface area contributed by atoms with Crippen molar-refractivity contribution in [3.8, 4) is 0 Å². The summed E-state index contributed by atoms with van der Waals surface area (Å²) in [5, 5.41) is 13.1. The largest absolute Gasteiger partial charge is 0.464 e. The van der Waals surface area contributed by atoms with Gasteiger partial charge in [-0.2, -0.15) is 0 Å². The molecule has 3 aromatic rings. The summed E-state index contributed by atoms with van der Waals surface area (Å²) in [5.74, 6) is -0.742. The third-order valence-electron chi connectivity index (χ3n) is 5.14. The normalized spacial score (nSPS) is 12.3. The molecule has 0 saturated heterocycles. The van der Waals surface area contributed by atoms with Crippen molar-refractivity contribution in [2.75, 3.05) is 0 Å². The maximum atomic E-state index is 12.3. The lowest BCUT2D eigenvalue weighted by Crippen LogP contribution is -2.46. The van der Waals surface area contributed by atoms with Gasteiger partial charge in [0.1, 0.15) is 12.6 Å². The molecule has 2 aromatic carbocycles. The van der Waals surface area contributed by atoms with Crippen molar-refractivity contribution < 1.29 is 24.2 Å². The van der Waals surface area contributed by atoms with E-state index in [1.807, 2.05) is 51.1 Å². The molecule has 0 saturated carbocycles. The molecular formula is C24H27N3O5. The van der Waals surface area contributed by atoms with E-state index in [4.69, 9.17) is 10.5 Å². The average Bonchev–Trinajstić information content (AvgIpc) is 3.07. The third kappa shape index (κ3) is 4.91. The third-order valence-corrected chi connectivity index (χ3v) is 5.14. The van der Waals surface area contributed by atoms with Crippen molar-refractivity contribution >= 4 is 29.0 Å². The van der Waals surface area contributed by atoms with Crippen LogP contribution in [0.15, 0.2) is 54.6 Å². The molecule has 8 heteroatoms. The second-order valence-corrected chi connectivity index (χ2v) is 8.58. The van der Waals surface area contributed by atoms with Gasteiger partial charge in [-0.05, 0) is 17.2 Å². The number of nitrogens with two attached hydrogens (primary N) is 1. The number of alkyl carbamates (subject to hydrolysis) is 1. The van der Waals surface area contributed by atoms with Crippen molar-refractivity contribution in [3.05, 3.63) is 71.4 Å². The Labute approximate surface area is 186 Å². The Morgan fingerprint density at radius 1 is 1.06 bits per heavy atom. The molecule has 1 atom stereocenters. The smallest absolute Gasteiger partial charge is 0.416 e. The number of carboxylic acid groups (broad SMARTS) is 1. The fourth-order valence-corrected chi connectivity index (χ4v) is 3.83. The van der Waals surface area contributed by atoms with Gasteiger partial charge in [0.15, 0.2) is 0 Å². The number of carbonyl (C=O) groups excluding carboxylic acids is 2. The first-order valence-corrected chi connectivity index (χ1v) is 10.2. The predicted molar refractivity (Wildman–Crippen MR) is 121 cm³/mol. The number of nitrogens with zero attached hydrogens (tertiary/aromatic N) is 1. The number of amides is 2. The number of fused-ring (bicyclic) bond motifs is 1. The second-order valence-electron chi connectivity index (χ2n) is 8.58. The van der Waals surface area contributed by atoms with E-state index >= 15 is 0 Å². The highest BCUT2D eigenvalue weighted by Gasteiger charge is 2.32. The number of carbonyl (C=O) groups is 3. The Morgan fingerprint density at radius 2 is 1.69 bits per heavy atom. The summed E-state index contributed by atoms with van der Waals surface area (Å²) in [6.45, 7) is 5.73. The first-order valence-electron chi connectivity index (χ1n) is 10.2. The first kappa shape index (κ1) is 22.9. The van der Waals surface area contributed by atoms with Gasteiger partial charge < -0.3 is 20.9 Å². The average molecular weight is 437 g/mol. The lowest BCUT2D eigenvalue weighted by molar-refractivity contribution is -0.119. The molecule has 0 spiro atoms. The van der Waals surface area contributed by atoms with Crippen LogP contribution in [0.2, 0.25) is 0 Å². The molecular weight excluding hydrogens is 410 g/mol. The maximum absolute atomic E-state index is 12.3. The van der Waals surface area contributed by atoms with Crippen LogP contribution < -0.4 is 11.1 Å². The Bertz CT molecular complexity index is 1150. The summed E-state index contributed by atoms with van der Waals surface area (Å²) in [7, 11) is 0. The predicted octanol–water partition coefficient (Wildman–Crippen LogP) is 3.79. The molecule has 0 fully saturated rings. The summed E-state index contributed by atoms with van der Waals surface area (Å²) in [6.07, 6.45) is -1.87. The summed E-state index contributed by atoms with van der Waals surface area (Å²) in [4.78, 5) is 36.6. The number of hydrogen-bond donors (Lipinski definition) is 3. The van der Waals surface area contributed by atoms with E-state index in [1.54, 1.807) is 24.3 Å². The zero-order valence-corrected chi connectivity index (χ0v) is 18.3. The Hall–Kier alpha value is -3.81. The minimum atomic E-state index is -1.12. The summed E-state index contributed by atoms with van der Waals surface area (Å²) < 4.78 is 6.45. The standard InChI is InChI=1S/C24H27N3O5/c1-24(2,3)20-17(16-11-7-8-12-19(16)27(20)23(30)31)13-18(21(25)28)26-22(29)32-14-15-9-5-4-6-10-15/h4-12,18H,13-14H2,1-3H3,(H2,25,28)(H,26,29)(H,30,31)/t18-/m0/s1. The van der Waals surface area contributed by atoms with Crippen molar-refractivity contribution in [3.63, 3.8) is 0 Å². The van der Waals surface area contributed by atoms with E-state index in [2.05, 4.69) is 5.32 Å². The quantitative estimate of drug-likeness (QED) is 0.541. The molecule has 0 aliphatic rings. The molecule has 1 aromatic heterocycles. The molecule has 1 heterocycles. The minimum absolute atomic E-state index is 0.0309. The maximum Gasteiger partial charge on any atom is 0.416 e. The zero-order valence-electron chi connectivity index (χ0n) is 18.3. The fraction of sp³-hybridized carbons (Fsp3) is 0.292.